The second-order valence-corrected chi connectivity index (χ2v) is 4.16. The summed E-state index contributed by atoms with van der Waals surface area (Å²) in [5.41, 5.74) is 2.14. The van der Waals surface area contributed by atoms with Gasteiger partial charge in [0.15, 0.2) is 5.11 Å². The summed E-state index contributed by atoms with van der Waals surface area (Å²) < 4.78 is 0. The van der Waals surface area contributed by atoms with Crippen molar-refractivity contribution in [3.63, 3.8) is 0 Å². The van der Waals surface area contributed by atoms with Crippen molar-refractivity contribution < 1.29 is 4.79 Å². The fourth-order valence-corrected chi connectivity index (χ4v) is 1.47. The van der Waals surface area contributed by atoms with Gasteiger partial charge in [0.05, 0.1) is 0 Å². The lowest BCUT2D eigenvalue weighted by Gasteiger charge is -2.11. The van der Waals surface area contributed by atoms with E-state index in [1.54, 1.807) is 7.05 Å². The smallest absolute Gasteiger partial charge is 0.314 e. The van der Waals surface area contributed by atoms with Crippen LogP contribution in [-0.4, -0.2) is 31.3 Å². The first kappa shape index (κ1) is 14.2. The van der Waals surface area contributed by atoms with Gasteiger partial charge in [-0.2, -0.15) is 0 Å². The normalized spacial score (nSPS) is 9.44. The Labute approximate surface area is 112 Å². The molecule has 0 aliphatic carbocycles. The molecule has 18 heavy (non-hydrogen) atoms. The van der Waals surface area contributed by atoms with Crippen LogP contribution in [0.3, 0.4) is 0 Å². The third-order valence-electron chi connectivity index (χ3n) is 2.23. The number of carbonyl (C=O) groups is 1. The first-order valence-electron chi connectivity index (χ1n) is 5.69. The summed E-state index contributed by atoms with van der Waals surface area (Å²) in [5, 5.41) is 11.7. The average molecular weight is 266 g/mol. The predicted molar refractivity (Wildman–Crippen MR) is 77.9 cm³/mol. The summed E-state index contributed by atoms with van der Waals surface area (Å²) >= 11 is 5.13. The van der Waals surface area contributed by atoms with Crippen LogP contribution in [0.25, 0.3) is 0 Å². The first-order chi connectivity index (χ1) is 8.61. The Morgan fingerprint density at radius 2 is 1.78 bits per heavy atom. The Morgan fingerprint density at radius 3 is 2.39 bits per heavy atom. The van der Waals surface area contributed by atoms with Gasteiger partial charge in [0, 0.05) is 25.8 Å². The van der Waals surface area contributed by atoms with Crippen LogP contribution in [-0.2, 0) is 0 Å². The van der Waals surface area contributed by atoms with Crippen molar-refractivity contribution >= 4 is 29.0 Å². The van der Waals surface area contributed by atoms with Crippen LogP contribution in [0.2, 0.25) is 0 Å². The molecule has 1 aromatic rings. The molecule has 4 N–H and O–H groups in total. The van der Waals surface area contributed by atoms with Gasteiger partial charge < -0.3 is 21.3 Å². The number of rotatable bonds is 4. The number of hydrogen-bond donors (Lipinski definition) is 4. The molecule has 0 aliphatic rings. The highest BCUT2D eigenvalue weighted by Crippen LogP contribution is 2.07. The summed E-state index contributed by atoms with van der Waals surface area (Å²) in [6.45, 7) is 3.12. The Morgan fingerprint density at radius 1 is 1.17 bits per heavy atom. The molecule has 0 aromatic heterocycles. The SMILES string of the molecule is CNC(=O)NCCNC(=S)Nc1ccc(C)cc1. The molecule has 0 aliphatic heterocycles. The Balaban J connectivity index is 2.21. The largest absolute Gasteiger partial charge is 0.361 e. The molecule has 0 bridgehead atoms. The Hall–Kier alpha value is -1.82. The molecule has 0 radical (unpaired) electrons. The van der Waals surface area contributed by atoms with E-state index in [0.29, 0.717) is 18.2 Å². The highest BCUT2D eigenvalue weighted by atomic mass is 32.1. The van der Waals surface area contributed by atoms with Gasteiger partial charge in [-0.15, -0.1) is 0 Å². The fraction of sp³-hybridized carbons (Fsp3) is 0.333. The van der Waals surface area contributed by atoms with Crippen molar-refractivity contribution in [1.82, 2.24) is 16.0 Å². The van der Waals surface area contributed by atoms with E-state index in [0.717, 1.165) is 5.69 Å². The van der Waals surface area contributed by atoms with Gasteiger partial charge in [-0.05, 0) is 31.3 Å². The maximum Gasteiger partial charge on any atom is 0.314 e. The molecule has 0 heterocycles. The summed E-state index contributed by atoms with van der Waals surface area (Å²) in [5.74, 6) is 0. The molecule has 0 unspecified atom stereocenters. The number of nitrogens with one attached hydrogen (secondary N) is 4. The number of benzene rings is 1. The van der Waals surface area contributed by atoms with Gasteiger partial charge in [0.2, 0.25) is 0 Å². The van der Waals surface area contributed by atoms with Crippen molar-refractivity contribution in [3.8, 4) is 0 Å². The van der Waals surface area contributed by atoms with Crippen molar-refractivity contribution in [1.29, 1.82) is 0 Å². The second-order valence-electron chi connectivity index (χ2n) is 3.75. The van der Waals surface area contributed by atoms with Crippen LogP contribution in [0, 0.1) is 6.92 Å². The summed E-state index contributed by atoms with van der Waals surface area (Å²) in [7, 11) is 1.58. The monoisotopic (exact) mass is 266 g/mol. The van der Waals surface area contributed by atoms with E-state index in [1.807, 2.05) is 31.2 Å². The van der Waals surface area contributed by atoms with Crippen LogP contribution in [0.5, 0.6) is 0 Å². The minimum Gasteiger partial charge on any atom is -0.361 e. The molecule has 0 atom stereocenters. The molecule has 2 amide bonds. The zero-order valence-electron chi connectivity index (χ0n) is 10.5. The van der Waals surface area contributed by atoms with Crippen molar-refractivity contribution in [2.45, 2.75) is 6.92 Å². The molecule has 0 saturated carbocycles. The summed E-state index contributed by atoms with van der Waals surface area (Å²) in [4.78, 5) is 10.9. The topological polar surface area (TPSA) is 65.2 Å². The summed E-state index contributed by atoms with van der Waals surface area (Å²) in [6, 6.07) is 7.75. The molecule has 5 nitrogen and oxygen atoms in total. The van der Waals surface area contributed by atoms with E-state index in [9.17, 15) is 4.79 Å². The standard InChI is InChI=1S/C12H18N4OS/c1-9-3-5-10(6-4-9)16-12(18)15-8-7-14-11(17)13-2/h3-6H,7-8H2,1-2H3,(H2,13,14,17)(H2,15,16,18). The van der Waals surface area contributed by atoms with Gasteiger partial charge in [0.1, 0.15) is 0 Å². The van der Waals surface area contributed by atoms with E-state index in [4.69, 9.17) is 12.2 Å². The minimum absolute atomic E-state index is 0.200. The lowest BCUT2D eigenvalue weighted by molar-refractivity contribution is 0.243. The number of urea groups is 1. The maximum absolute atomic E-state index is 10.9. The lowest BCUT2D eigenvalue weighted by atomic mass is 10.2. The number of thiocarbonyl (C=S) groups is 1. The summed E-state index contributed by atoms with van der Waals surface area (Å²) in [6.07, 6.45) is 0. The molecule has 98 valence electrons. The number of hydrogen-bond acceptors (Lipinski definition) is 2. The average Bonchev–Trinajstić information content (AvgIpc) is 2.37. The number of carbonyl (C=O) groups excluding carboxylic acids is 1. The van der Waals surface area contributed by atoms with Gasteiger partial charge >= 0.3 is 6.03 Å². The quantitative estimate of drug-likeness (QED) is 0.488. The van der Waals surface area contributed by atoms with Gasteiger partial charge in [-0.1, -0.05) is 17.7 Å². The fourth-order valence-electron chi connectivity index (χ4n) is 1.25. The first-order valence-corrected chi connectivity index (χ1v) is 6.09. The number of aryl methyl sites for hydroxylation is 1. The maximum atomic E-state index is 10.9. The zero-order chi connectivity index (χ0) is 13.4. The molecule has 0 fully saturated rings. The molecule has 1 rings (SSSR count). The van der Waals surface area contributed by atoms with Crippen LogP contribution < -0.4 is 21.3 Å². The van der Waals surface area contributed by atoms with Crippen LogP contribution in [0.1, 0.15) is 5.56 Å². The van der Waals surface area contributed by atoms with E-state index < -0.39 is 0 Å². The number of amides is 2. The second kappa shape index (κ2) is 7.50. The van der Waals surface area contributed by atoms with Crippen LogP contribution in [0.15, 0.2) is 24.3 Å². The molecular weight excluding hydrogens is 248 g/mol. The molecule has 0 saturated heterocycles. The number of anilines is 1. The minimum atomic E-state index is -0.200. The van der Waals surface area contributed by atoms with E-state index in [2.05, 4.69) is 21.3 Å². The van der Waals surface area contributed by atoms with Gasteiger partial charge in [-0.3, -0.25) is 0 Å². The zero-order valence-corrected chi connectivity index (χ0v) is 11.4. The highest BCUT2D eigenvalue weighted by molar-refractivity contribution is 7.80. The molecule has 1 aromatic carbocycles. The van der Waals surface area contributed by atoms with Gasteiger partial charge in [-0.25, -0.2) is 4.79 Å². The van der Waals surface area contributed by atoms with E-state index in [1.165, 1.54) is 5.56 Å². The molecule has 6 heteroatoms. The van der Waals surface area contributed by atoms with E-state index in [-0.39, 0.29) is 6.03 Å². The third kappa shape index (κ3) is 5.49. The third-order valence-corrected chi connectivity index (χ3v) is 2.48. The van der Waals surface area contributed by atoms with Crippen molar-refractivity contribution in [2.24, 2.45) is 0 Å². The predicted octanol–water partition coefficient (Wildman–Crippen LogP) is 1.21. The Bertz CT molecular complexity index is 405. The van der Waals surface area contributed by atoms with Gasteiger partial charge in [0.25, 0.3) is 0 Å². The molecular formula is C12H18N4OS. The lowest BCUT2D eigenvalue weighted by Crippen LogP contribution is -2.39. The highest BCUT2D eigenvalue weighted by Gasteiger charge is 1.98. The molecule has 0 spiro atoms. The van der Waals surface area contributed by atoms with Crippen molar-refractivity contribution in [3.05, 3.63) is 29.8 Å². The van der Waals surface area contributed by atoms with E-state index >= 15 is 0 Å². The van der Waals surface area contributed by atoms with Crippen LogP contribution in [0.4, 0.5) is 10.5 Å². The van der Waals surface area contributed by atoms with Crippen LogP contribution >= 0.6 is 12.2 Å². The Kier molecular flexibility index (Phi) is 5.93. The van der Waals surface area contributed by atoms with Crippen molar-refractivity contribution in [2.75, 3.05) is 25.5 Å².